The molecule has 7 heteroatoms. The van der Waals surface area contributed by atoms with Gasteiger partial charge in [-0.2, -0.15) is 0 Å². The Morgan fingerprint density at radius 1 is 1.30 bits per heavy atom. The fourth-order valence-electron chi connectivity index (χ4n) is 2.49. The predicted molar refractivity (Wildman–Crippen MR) is 71.2 cm³/mol. The highest BCUT2D eigenvalue weighted by Crippen LogP contribution is 2.34. The third kappa shape index (κ3) is 3.69. The van der Waals surface area contributed by atoms with Crippen molar-refractivity contribution < 1.29 is 24.6 Å². The maximum Gasteiger partial charge on any atom is 0.326 e. The van der Waals surface area contributed by atoms with Crippen molar-refractivity contribution in [3.05, 3.63) is 0 Å². The molecule has 0 radical (unpaired) electrons. The summed E-state index contributed by atoms with van der Waals surface area (Å²) in [6.07, 6.45) is 0.254. The number of hydrogen-bond acceptors (Lipinski definition) is 4. The van der Waals surface area contributed by atoms with Crippen LogP contribution in [0.4, 0.5) is 0 Å². The molecule has 0 aliphatic carbocycles. The lowest BCUT2D eigenvalue weighted by molar-refractivity contribution is -0.145. The molecule has 20 heavy (non-hydrogen) atoms. The van der Waals surface area contributed by atoms with E-state index in [0.717, 1.165) is 6.54 Å². The summed E-state index contributed by atoms with van der Waals surface area (Å²) in [5.41, 5.74) is -0.614. The van der Waals surface area contributed by atoms with E-state index in [2.05, 4.69) is 10.6 Å². The fourth-order valence-corrected chi connectivity index (χ4v) is 2.49. The van der Waals surface area contributed by atoms with Crippen LogP contribution in [0.5, 0.6) is 0 Å². The highest BCUT2D eigenvalue weighted by Gasteiger charge is 2.44. The van der Waals surface area contributed by atoms with Gasteiger partial charge in [0.1, 0.15) is 6.04 Å². The molecule has 114 valence electrons. The van der Waals surface area contributed by atoms with E-state index < -0.39 is 23.4 Å². The van der Waals surface area contributed by atoms with Gasteiger partial charge >= 0.3 is 11.9 Å². The third-order valence-electron chi connectivity index (χ3n) is 4.00. The first kappa shape index (κ1) is 16.4. The van der Waals surface area contributed by atoms with Gasteiger partial charge in [0.2, 0.25) is 5.91 Å². The molecule has 2 unspecified atom stereocenters. The predicted octanol–water partition coefficient (Wildman–Crippen LogP) is 0.0563. The summed E-state index contributed by atoms with van der Waals surface area (Å²) in [5, 5.41) is 23.3. The van der Waals surface area contributed by atoms with Gasteiger partial charge in [0.25, 0.3) is 0 Å². The van der Waals surface area contributed by atoms with E-state index in [0.29, 0.717) is 13.0 Å². The van der Waals surface area contributed by atoms with E-state index in [-0.39, 0.29) is 24.7 Å². The molecule has 4 N–H and O–H groups in total. The summed E-state index contributed by atoms with van der Waals surface area (Å²) in [7, 11) is 0. The standard InChI is InChI=1S/C13H22N2O5/c1-8(2)13(5-6-14-7-13)12(20)15-9(11(18)19)3-4-10(16)17/h8-9,14H,3-7H2,1-2H3,(H,15,20)(H,16,17)(H,18,19). The molecule has 1 saturated heterocycles. The molecule has 0 saturated carbocycles. The largest absolute Gasteiger partial charge is 0.481 e. The molecule has 0 aromatic heterocycles. The summed E-state index contributed by atoms with van der Waals surface area (Å²) < 4.78 is 0. The van der Waals surface area contributed by atoms with Crippen molar-refractivity contribution in [1.82, 2.24) is 10.6 Å². The Morgan fingerprint density at radius 3 is 2.35 bits per heavy atom. The topological polar surface area (TPSA) is 116 Å². The van der Waals surface area contributed by atoms with Crippen molar-refractivity contribution in [3.63, 3.8) is 0 Å². The van der Waals surface area contributed by atoms with Gasteiger partial charge in [-0.25, -0.2) is 4.79 Å². The quantitative estimate of drug-likeness (QED) is 0.526. The summed E-state index contributed by atoms with van der Waals surface area (Å²) in [6.45, 7) is 5.10. The SMILES string of the molecule is CC(C)C1(C(=O)NC(CCC(=O)O)C(=O)O)CCNC1. The highest BCUT2D eigenvalue weighted by molar-refractivity contribution is 5.88. The number of rotatable bonds is 7. The van der Waals surface area contributed by atoms with Crippen LogP contribution in [0.3, 0.4) is 0 Å². The van der Waals surface area contributed by atoms with Gasteiger partial charge in [-0.05, 0) is 25.3 Å². The third-order valence-corrected chi connectivity index (χ3v) is 4.00. The Balaban J connectivity index is 2.74. The first-order chi connectivity index (χ1) is 9.29. The Labute approximate surface area is 117 Å². The molecule has 2 atom stereocenters. The molecule has 1 heterocycles. The lowest BCUT2D eigenvalue weighted by Gasteiger charge is -2.32. The van der Waals surface area contributed by atoms with Crippen molar-refractivity contribution in [1.29, 1.82) is 0 Å². The minimum Gasteiger partial charge on any atom is -0.481 e. The number of carboxylic acids is 2. The molecule has 1 aliphatic rings. The van der Waals surface area contributed by atoms with Crippen LogP contribution in [0.2, 0.25) is 0 Å². The van der Waals surface area contributed by atoms with Gasteiger partial charge in [-0.15, -0.1) is 0 Å². The minimum atomic E-state index is -1.20. The first-order valence-electron chi connectivity index (χ1n) is 6.76. The number of carbonyl (C=O) groups excluding carboxylic acids is 1. The fraction of sp³-hybridized carbons (Fsp3) is 0.769. The zero-order valence-electron chi connectivity index (χ0n) is 11.8. The van der Waals surface area contributed by atoms with Gasteiger partial charge in [-0.3, -0.25) is 9.59 Å². The molecule has 1 aliphatic heterocycles. The summed E-state index contributed by atoms with van der Waals surface area (Å²) in [6, 6.07) is -1.16. The highest BCUT2D eigenvalue weighted by atomic mass is 16.4. The summed E-state index contributed by atoms with van der Waals surface area (Å²) >= 11 is 0. The summed E-state index contributed by atoms with van der Waals surface area (Å²) in [4.78, 5) is 34.0. The second-order valence-electron chi connectivity index (χ2n) is 5.53. The average molecular weight is 286 g/mol. The van der Waals surface area contributed by atoms with E-state index >= 15 is 0 Å². The zero-order valence-corrected chi connectivity index (χ0v) is 11.8. The van der Waals surface area contributed by atoms with Gasteiger partial charge in [0.05, 0.1) is 5.41 Å². The number of carbonyl (C=O) groups is 3. The van der Waals surface area contributed by atoms with Gasteiger partial charge in [-0.1, -0.05) is 13.8 Å². The van der Waals surface area contributed by atoms with Crippen molar-refractivity contribution in [3.8, 4) is 0 Å². The second-order valence-corrected chi connectivity index (χ2v) is 5.53. The van der Waals surface area contributed by atoms with Crippen LogP contribution >= 0.6 is 0 Å². The van der Waals surface area contributed by atoms with Crippen molar-refractivity contribution in [2.24, 2.45) is 11.3 Å². The second kappa shape index (κ2) is 6.69. The van der Waals surface area contributed by atoms with Gasteiger partial charge < -0.3 is 20.8 Å². The molecule has 0 aromatic rings. The first-order valence-corrected chi connectivity index (χ1v) is 6.76. The van der Waals surface area contributed by atoms with E-state index in [4.69, 9.17) is 10.2 Å². The number of aliphatic carboxylic acids is 2. The molecular weight excluding hydrogens is 264 g/mol. The molecule has 0 bridgehead atoms. The van der Waals surface area contributed by atoms with Crippen molar-refractivity contribution in [2.45, 2.75) is 39.2 Å². The molecule has 1 fully saturated rings. The Kier molecular flexibility index (Phi) is 5.50. The van der Waals surface area contributed by atoms with Crippen LogP contribution < -0.4 is 10.6 Å². The molecule has 1 amide bonds. The lowest BCUT2D eigenvalue weighted by atomic mass is 9.75. The Bertz CT molecular complexity index is 388. The van der Waals surface area contributed by atoms with Crippen molar-refractivity contribution in [2.75, 3.05) is 13.1 Å². The molecule has 0 aromatic carbocycles. The molecular formula is C13H22N2O5. The molecule has 1 rings (SSSR count). The van der Waals surface area contributed by atoms with Crippen LogP contribution in [0.15, 0.2) is 0 Å². The van der Waals surface area contributed by atoms with Crippen LogP contribution in [0.1, 0.15) is 33.1 Å². The normalized spacial score (nSPS) is 23.6. The van der Waals surface area contributed by atoms with Crippen molar-refractivity contribution >= 4 is 17.8 Å². The average Bonchev–Trinajstić information content (AvgIpc) is 2.83. The van der Waals surface area contributed by atoms with Gasteiger partial charge in [0, 0.05) is 13.0 Å². The number of amides is 1. The monoisotopic (exact) mass is 286 g/mol. The maximum atomic E-state index is 12.4. The summed E-state index contributed by atoms with van der Waals surface area (Å²) in [5.74, 6) is -2.52. The number of hydrogen-bond donors (Lipinski definition) is 4. The van der Waals surface area contributed by atoms with E-state index in [9.17, 15) is 14.4 Å². The Morgan fingerprint density at radius 2 is 1.95 bits per heavy atom. The lowest BCUT2D eigenvalue weighted by Crippen LogP contribution is -2.51. The van der Waals surface area contributed by atoms with Crippen LogP contribution in [-0.4, -0.2) is 47.2 Å². The van der Waals surface area contributed by atoms with Gasteiger partial charge in [0.15, 0.2) is 0 Å². The Hall–Kier alpha value is -1.63. The van der Waals surface area contributed by atoms with E-state index in [1.807, 2.05) is 13.8 Å². The maximum absolute atomic E-state index is 12.4. The number of nitrogens with one attached hydrogen (secondary N) is 2. The van der Waals surface area contributed by atoms with Crippen LogP contribution in [0.25, 0.3) is 0 Å². The van der Waals surface area contributed by atoms with Crippen LogP contribution in [-0.2, 0) is 14.4 Å². The van der Waals surface area contributed by atoms with E-state index in [1.54, 1.807) is 0 Å². The smallest absolute Gasteiger partial charge is 0.326 e. The minimum absolute atomic E-state index is 0.0754. The molecule has 7 nitrogen and oxygen atoms in total. The molecule has 0 spiro atoms. The van der Waals surface area contributed by atoms with E-state index in [1.165, 1.54) is 0 Å². The zero-order chi connectivity index (χ0) is 15.3. The number of carboxylic acid groups (broad SMARTS) is 2. The van der Waals surface area contributed by atoms with Crippen LogP contribution in [0, 0.1) is 11.3 Å².